The number of aliphatic hydroxyl groups excluding tert-OH is 1. The highest BCUT2D eigenvalue weighted by molar-refractivity contribution is 5.91. The number of halogens is 2. The summed E-state index contributed by atoms with van der Waals surface area (Å²) in [7, 11) is 0. The summed E-state index contributed by atoms with van der Waals surface area (Å²) in [5.74, 6) is -1.05. The number of nitrogens with zero attached hydrogens (tertiary/aromatic N) is 3. The van der Waals surface area contributed by atoms with Gasteiger partial charge in [0.15, 0.2) is 5.69 Å². The first kappa shape index (κ1) is 13.5. The second kappa shape index (κ2) is 6.21. The molecule has 0 saturated carbocycles. The molecule has 1 amide bonds. The number of hydrogen-bond donors (Lipinski definition) is 2. The molecular weight excluding hydrogens is 238 g/mol. The predicted molar refractivity (Wildman–Crippen MR) is 51.4 cm³/mol. The summed E-state index contributed by atoms with van der Waals surface area (Å²) in [5, 5.41) is 15.1. The number of alkyl halides is 2. The van der Waals surface area contributed by atoms with Crippen molar-refractivity contribution in [2.24, 2.45) is 5.73 Å². The van der Waals surface area contributed by atoms with Gasteiger partial charge in [0.2, 0.25) is 0 Å². The van der Waals surface area contributed by atoms with Crippen LogP contribution in [0.15, 0.2) is 0 Å². The van der Waals surface area contributed by atoms with Crippen LogP contribution in [0, 0.1) is 0 Å². The molecule has 9 heteroatoms. The van der Waals surface area contributed by atoms with Crippen LogP contribution in [0.2, 0.25) is 0 Å². The molecule has 0 bridgehead atoms. The minimum atomic E-state index is -2.90. The zero-order valence-electron chi connectivity index (χ0n) is 8.84. The van der Waals surface area contributed by atoms with Crippen molar-refractivity contribution >= 4 is 5.91 Å². The molecule has 0 spiro atoms. The molecule has 3 N–H and O–H groups in total. The summed E-state index contributed by atoms with van der Waals surface area (Å²) >= 11 is 0. The molecule has 0 aliphatic rings. The highest BCUT2D eigenvalue weighted by Crippen LogP contribution is 2.20. The topological polar surface area (TPSA) is 103 Å². The number of hydrogen-bond acceptors (Lipinski definition) is 5. The molecule has 0 atom stereocenters. The van der Waals surface area contributed by atoms with Gasteiger partial charge in [-0.1, -0.05) is 5.21 Å². The summed E-state index contributed by atoms with van der Waals surface area (Å²) in [4.78, 5) is 10.8. The number of carbonyl (C=O) groups is 1. The van der Waals surface area contributed by atoms with E-state index < -0.39 is 23.7 Å². The molecule has 1 aromatic heterocycles. The van der Waals surface area contributed by atoms with Gasteiger partial charge in [-0.15, -0.1) is 5.10 Å². The van der Waals surface area contributed by atoms with Crippen LogP contribution in [-0.4, -0.2) is 45.8 Å². The second-order valence-corrected chi connectivity index (χ2v) is 3.05. The fourth-order valence-electron chi connectivity index (χ4n) is 1.19. The van der Waals surface area contributed by atoms with Gasteiger partial charge in [0.05, 0.1) is 26.4 Å². The highest BCUT2D eigenvalue weighted by atomic mass is 19.3. The first-order valence-corrected chi connectivity index (χ1v) is 4.77. The van der Waals surface area contributed by atoms with Crippen LogP contribution >= 0.6 is 0 Å². The summed E-state index contributed by atoms with van der Waals surface area (Å²) in [5.41, 5.74) is 3.73. The van der Waals surface area contributed by atoms with Crippen molar-refractivity contribution in [1.29, 1.82) is 0 Å². The molecule has 0 aliphatic heterocycles. The Balaban J connectivity index is 2.74. The average molecular weight is 250 g/mol. The van der Waals surface area contributed by atoms with E-state index in [4.69, 9.17) is 15.6 Å². The minimum absolute atomic E-state index is 0.0000463. The standard InChI is InChI=1S/C8H12F2N4O3/c9-7(10)6-5(8(11)16)12-13-14(6)1-3-17-4-2-15/h7,15H,1-4H2,(H2,11,16). The average Bonchev–Trinajstić information content (AvgIpc) is 2.68. The van der Waals surface area contributed by atoms with Crippen LogP contribution in [0.5, 0.6) is 0 Å². The molecule has 0 radical (unpaired) electrons. The van der Waals surface area contributed by atoms with Crippen LogP contribution in [0.4, 0.5) is 8.78 Å². The van der Waals surface area contributed by atoms with E-state index in [2.05, 4.69) is 10.3 Å². The number of aromatic nitrogens is 3. The number of ether oxygens (including phenoxy) is 1. The van der Waals surface area contributed by atoms with Crippen LogP contribution < -0.4 is 5.73 Å². The van der Waals surface area contributed by atoms with E-state index >= 15 is 0 Å². The van der Waals surface area contributed by atoms with Crippen molar-refractivity contribution in [3.8, 4) is 0 Å². The third kappa shape index (κ3) is 3.43. The van der Waals surface area contributed by atoms with Gasteiger partial charge in [-0.05, 0) is 0 Å². The van der Waals surface area contributed by atoms with E-state index in [0.29, 0.717) is 0 Å². The maximum Gasteiger partial charge on any atom is 0.282 e. The number of aliphatic hydroxyl groups is 1. The van der Waals surface area contributed by atoms with Crippen molar-refractivity contribution in [3.05, 3.63) is 11.4 Å². The zero-order chi connectivity index (χ0) is 12.8. The first-order chi connectivity index (χ1) is 8.07. The van der Waals surface area contributed by atoms with Gasteiger partial charge in [0.1, 0.15) is 5.69 Å². The molecule has 0 aliphatic carbocycles. The lowest BCUT2D eigenvalue weighted by molar-refractivity contribution is 0.0804. The summed E-state index contributed by atoms with van der Waals surface area (Å²) in [6.07, 6.45) is -2.90. The monoisotopic (exact) mass is 250 g/mol. The Hall–Kier alpha value is -1.61. The minimum Gasteiger partial charge on any atom is -0.394 e. The Labute approximate surface area is 95.2 Å². The Morgan fingerprint density at radius 3 is 2.76 bits per heavy atom. The zero-order valence-corrected chi connectivity index (χ0v) is 8.84. The molecule has 1 heterocycles. The maximum atomic E-state index is 12.7. The maximum absolute atomic E-state index is 12.7. The lowest BCUT2D eigenvalue weighted by Gasteiger charge is -2.06. The van der Waals surface area contributed by atoms with Gasteiger partial charge in [-0.25, -0.2) is 13.5 Å². The highest BCUT2D eigenvalue weighted by Gasteiger charge is 2.24. The molecule has 0 fully saturated rings. The molecule has 96 valence electrons. The summed E-state index contributed by atoms with van der Waals surface area (Å²) in [6.45, 7) is 0.00871. The number of carbonyl (C=O) groups excluding carboxylic acids is 1. The van der Waals surface area contributed by atoms with Crippen LogP contribution in [-0.2, 0) is 11.3 Å². The SMILES string of the molecule is NC(=O)c1nnn(CCOCCO)c1C(F)F. The Kier molecular flexibility index (Phi) is 4.91. The normalized spacial score (nSPS) is 11.1. The van der Waals surface area contributed by atoms with Crippen molar-refractivity contribution < 1.29 is 23.4 Å². The van der Waals surface area contributed by atoms with Crippen LogP contribution in [0.3, 0.4) is 0 Å². The van der Waals surface area contributed by atoms with E-state index in [1.54, 1.807) is 0 Å². The van der Waals surface area contributed by atoms with E-state index in [1.807, 2.05) is 0 Å². The lowest BCUT2D eigenvalue weighted by Crippen LogP contribution is -2.17. The fraction of sp³-hybridized carbons (Fsp3) is 0.625. The number of primary amides is 1. The number of rotatable bonds is 7. The van der Waals surface area contributed by atoms with E-state index in [0.717, 1.165) is 4.68 Å². The van der Waals surface area contributed by atoms with E-state index in [9.17, 15) is 13.6 Å². The van der Waals surface area contributed by atoms with Gasteiger partial charge in [-0.3, -0.25) is 4.79 Å². The third-order valence-corrected chi connectivity index (χ3v) is 1.90. The second-order valence-electron chi connectivity index (χ2n) is 3.05. The fourth-order valence-corrected chi connectivity index (χ4v) is 1.19. The molecular formula is C8H12F2N4O3. The molecule has 0 saturated heterocycles. The number of nitrogens with two attached hydrogens (primary N) is 1. The quantitative estimate of drug-likeness (QED) is 0.624. The van der Waals surface area contributed by atoms with Crippen molar-refractivity contribution in [2.75, 3.05) is 19.8 Å². The molecule has 0 aromatic carbocycles. The van der Waals surface area contributed by atoms with Crippen molar-refractivity contribution in [1.82, 2.24) is 15.0 Å². The molecule has 0 unspecified atom stereocenters. The Morgan fingerprint density at radius 1 is 1.53 bits per heavy atom. The van der Waals surface area contributed by atoms with E-state index in [1.165, 1.54) is 0 Å². The van der Waals surface area contributed by atoms with Gasteiger partial charge in [0.25, 0.3) is 12.3 Å². The Morgan fingerprint density at radius 2 is 2.24 bits per heavy atom. The van der Waals surface area contributed by atoms with Gasteiger partial charge in [-0.2, -0.15) is 0 Å². The summed E-state index contributed by atoms with van der Waals surface area (Å²) in [6, 6.07) is 0. The lowest BCUT2D eigenvalue weighted by atomic mass is 10.3. The molecule has 7 nitrogen and oxygen atoms in total. The Bertz CT molecular complexity index is 383. The molecule has 1 rings (SSSR count). The number of amides is 1. The van der Waals surface area contributed by atoms with Gasteiger partial charge >= 0.3 is 0 Å². The largest absolute Gasteiger partial charge is 0.394 e. The molecule has 17 heavy (non-hydrogen) atoms. The third-order valence-electron chi connectivity index (χ3n) is 1.90. The molecule has 1 aromatic rings. The van der Waals surface area contributed by atoms with E-state index in [-0.39, 0.29) is 26.4 Å². The van der Waals surface area contributed by atoms with Crippen LogP contribution in [0.25, 0.3) is 0 Å². The van der Waals surface area contributed by atoms with Crippen LogP contribution in [0.1, 0.15) is 22.6 Å². The van der Waals surface area contributed by atoms with Gasteiger partial charge < -0.3 is 15.6 Å². The van der Waals surface area contributed by atoms with Gasteiger partial charge in [0, 0.05) is 0 Å². The smallest absolute Gasteiger partial charge is 0.282 e. The summed E-state index contributed by atoms with van der Waals surface area (Å²) < 4.78 is 31.1. The first-order valence-electron chi connectivity index (χ1n) is 4.77. The van der Waals surface area contributed by atoms with Crippen molar-refractivity contribution in [3.63, 3.8) is 0 Å². The van der Waals surface area contributed by atoms with Crippen molar-refractivity contribution in [2.45, 2.75) is 13.0 Å². The predicted octanol–water partition coefficient (Wildman–Crippen LogP) is -0.677.